The zero-order valence-electron chi connectivity index (χ0n) is 14.1. The molecule has 5 nitrogen and oxygen atoms in total. The summed E-state index contributed by atoms with van der Waals surface area (Å²) < 4.78 is 15.9. The number of halogens is 2. The Morgan fingerprint density at radius 1 is 1.04 bits per heavy atom. The van der Waals surface area contributed by atoms with E-state index in [2.05, 4.69) is 4.98 Å². The SMILES string of the molecule is COc1ccc(OCC(=O)Oc2c(Cl)cc(Cl)c3ccc(C)nc23)cc1. The van der Waals surface area contributed by atoms with E-state index in [1.165, 1.54) is 6.07 Å². The van der Waals surface area contributed by atoms with Crippen LogP contribution in [-0.4, -0.2) is 24.7 Å². The smallest absolute Gasteiger partial charge is 0.349 e. The van der Waals surface area contributed by atoms with Crippen LogP contribution in [0.2, 0.25) is 10.0 Å². The van der Waals surface area contributed by atoms with Crippen molar-refractivity contribution in [2.75, 3.05) is 13.7 Å². The van der Waals surface area contributed by atoms with Crippen LogP contribution in [-0.2, 0) is 4.79 Å². The lowest BCUT2D eigenvalue weighted by Crippen LogP contribution is -2.18. The Hall–Kier alpha value is -2.50. The van der Waals surface area contributed by atoms with Crippen molar-refractivity contribution in [2.45, 2.75) is 6.92 Å². The van der Waals surface area contributed by atoms with Gasteiger partial charge in [0, 0.05) is 11.1 Å². The van der Waals surface area contributed by atoms with Gasteiger partial charge in [-0.15, -0.1) is 0 Å². The van der Waals surface area contributed by atoms with Crippen molar-refractivity contribution in [3.8, 4) is 17.2 Å². The van der Waals surface area contributed by atoms with Crippen LogP contribution in [0.15, 0.2) is 42.5 Å². The van der Waals surface area contributed by atoms with E-state index >= 15 is 0 Å². The van der Waals surface area contributed by atoms with E-state index in [1.807, 2.05) is 19.1 Å². The quantitative estimate of drug-likeness (QED) is 0.459. The summed E-state index contributed by atoms with van der Waals surface area (Å²) in [6, 6.07) is 12.0. The largest absolute Gasteiger partial charge is 0.497 e. The maximum absolute atomic E-state index is 12.2. The number of aryl methyl sites for hydroxylation is 1. The number of hydrogen-bond acceptors (Lipinski definition) is 5. The van der Waals surface area contributed by atoms with Gasteiger partial charge in [0.1, 0.15) is 17.0 Å². The van der Waals surface area contributed by atoms with E-state index in [-0.39, 0.29) is 17.4 Å². The van der Waals surface area contributed by atoms with Crippen molar-refractivity contribution in [1.29, 1.82) is 0 Å². The molecule has 1 aromatic heterocycles. The van der Waals surface area contributed by atoms with E-state index in [0.717, 1.165) is 5.69 Å². The Morgan fingerprint density at radius 2 is 1.73 bits per heavy atom. The van der Waals surface area contributed by atoms with Crippen molar-refractivity contribution in [3.63, 3.8) is 0 Å². The van der Waals surface area contributed by atoms with Crippen LogP contribution in [0.4, 0.5) is 0 Å². The molecule has 1 heterocycles. The third-order valence-electron chi connectivity index (χ3n) is 3.61. The molecule has 7 heteroatoms. The Balaban J connectivity index is 1.77. The molecule has 0 saturated heterocycles. The van der Waals surface area contributed by atoms with E-state index in [0.29, 0.717) is 27.4 Å². The molecule has 0 bridgehead atoms. The first kappa shape index (κ1) is 18.3. The number of pyridine rings is 1. The maximum atomic E-state index is 12.2. The minimum absolute atomic E-state index is 0.165. The Kier molecular flexibility index (Phi) is 5.49. The number of esters is 1. The number of carbonyl (C=O) groups is 1. The molecule has 26 heavy (non-hydrogen) atoms. The number of methoxy groups -OCH3 is 1. The van der Waals surface area contributed by atoms with Gasteiger partial charge in [0.05, 0.1) is 17.2 Å². The molecule has 0 saturated carbocycles. The number of rotatable bonds is 5. The third-order valence-corrected chi connectivity index (χ3v) is 4.20. The minimum Gasteiger partial charge on any atom is -0.497 e. The predicted molar refractivity (Wildman–Crippen MR) is 101 cm³/mol. The molecule has 3 aromatic rings. The van der Waals surface area contributed by atoms with Gasteiger partial charge in [0.25, 0.3) is 0 Å². The fourth-order valence-corrected chi connectivity index (χ4v) is 2.90. The predicted octanol–water partition coefficient (Wildman–Crippen LogP) is 4.84. The minimum atomic E-state index is -0.602. The number of fused-ring (bicyclic) bond motifs is 1. The standard InChI is InChI=1S/C19H15Cl2NO4/c1-11-3-8-14-15(20)9-16(21)19(18(14)22-11)26-17(23)10-25-13-6-4-12(24-2)5-7-13/h3-9H,10H2,1-2H3. The van der Waals surface area contributed by atoms with Gasteiger partial charge in [-0.05, 0) is 49.4 Å². The molecule has 0 fully saturated rings. The monoisotopic (exact) mass is 391 g/mol. The summed E-state index contributed by atoms with van der Waals surface area (Å²) in [4.78, 5) is 16.6. The average Bonchev–Trinajstić information content (AvgIpc) is 2.63. The van der Waals surface area contributed by atoms with Gasteiger partial charge in [-0.1, -0.05) is 23.2 Å². The average molecular weight is 392 g/mol. The lowest BCUT2D eigenvalue weighted by Gasteiger charge is -2.11. The van der Waals surface area contributed by atoms with Crippen LogP contribution in [0, 0.1) is 6.92 Å². The highest BCUT2D eigenvalue weighted by molar-refractivity contribution is 6.39. The number of ether oxygens (including phenoxy) is 3. The molecule has 0 aliphatic rings. The first-order valence-electron chi connectivity index (χ1n) is 7.71. The van der Waals surface area contributed by atoms with Crippen LogP contribution >= 0.6 is 23.2 Å². The van der Waals surface area contributed by atoms with Crippen molar-refractivity contribution in [3.05, 3.63) is 58.2 Å². The molecule has 0 amide bonds. The van der Waals surface area contributed by atoms with Crippen molar-refractivity contribution < 1.29 is 19.0 Å². The zero-order valence-corrected chi connectivity index (χ0v) is 15.6. The number of aromatic nitrogens is 1. The van der Waals surface area contributed by atoms with E-state index < -0.39 is 5.97 Å². The fourth-order valence-electron chi connectivity index (χ4n) is 2.34. The highest BCUT2D eigenvalue weighted by Gasteiger charge is 2.17. The highest BCUT2D eigenvalue weighted by atomic mass is 35.5. The van der Waals surface area contributed by atoms with E-state index in [4.69, 9.17) is 37.4 Å². The molecule has 0 aliphatic heterocycles. The second kappa shape index (κ2) is 7.81. The first-order chi connectivity index (χ1) is 12.5. The molecule has 0 aliphatic carbocycles. The summed E-state index contributed by atoms with van der Waals surface area (Å²) in [7, 11) is 1.57. The van der Waals surface area contributed by atoms with Crippen molar-refractivity contribution >= 4 is 40.1 Å². The van der Waals surface area contributed by atoms with Crippen LogP contribution in [0.3, 0.4) is 0 Å². The Morgan fingerprint density at radius 3 is 2.42 bits per heavy atom. The summed E-state index contributed by atoms with van der Waals surface area (Å²) in [5.74, 6) is 0.775. The summed E-state index contributed by atoms with van der Waals surface area (Å²) in [6.07, 6.45) is 0. The van der Waals surface area contributed by atoms with Crippen LogP contribution in [0.5, 0.6) is 17.2 Å². The molecule has 0 spiro atoms. The Labute approximate surface area is 160 Å². The van der Waals surface area contributed by atoms with Crippen molar-refractivity contribution in [2.24, 2.45) is 0 Å². The molecule has 0 N–H and O–H groups in total. The van der Waals surface area contributed by atoms with E-state index in [1.54, 1.807) is 31.4 Å². The second-order valence-electron chi connectivity index (χ2n) is 5.46. The maximum Gasteiger partial charge on any atom is 0.349 e. The molecule has 2 aromatic carbocycles. The molecule has 0 radical (unpaired) electrons. The molecular weight excluding hydrogens is 377 g/mol. The lowest BCUT2D eigenvalue weighted by molar-refractivity contribution is -0.136. The Bertz CT molecular complexity index is 958. The molecule has 0 unspecified atom stereocenters. The van der Waals surface area contributed by atoms with Gasteiger partial charge in [0.15, 0.2) is 12.4 Å². The number of carbonyl (C=O) groups excluding carboxylic acids is 1. The first-order valence-corrected chi connectivity index (χ1v) is 8.46. The molecule has 134 valence electrons. The van der Waals surface area contributed by atoms with Gasteiger partial charge in [-0.3, -0.25) is 0 Å². The molecular formula is C19H15Cl2NO4. The van der Waals surface area contributed by atoms with Crippen LogP contribution in [0.25, 0.3) is 10.9 Å². The normalized spacial score (nSPS) is 10.6. The van der Waals surface area contributed by atoms with Gasteiger partial charge < -0.3 is 14.2 Å². The van der Waals surface area contributed by atoms with Gasteiger partial charge in [0.2, 0.25) is 0 Å². The fraction of sp³-hybridized carbons (Fsp3) is 0.158. The van der Waals surface area contributed by atoms with Gasteiger partial charge in [-0.25, -0.2) is 9.78 Å². The van der Waals surface area contributed by atoms with E-state index in [9.17, 15) is 4.79 Å². The molecule has 3 rings (SSSR count). The zero-order chi connectivity index (χ0) is 18.7. The van der Waals surface area contributed by atoms with Gasteiger partial charge in [-0.2, -0.15) is 0 Å². The van der Waals surface area contributed by atoms with Crippen molar-refractivity contribution in [1.82, 2.24) is 4.98 Å². The summed E-state index contributed by atoms with van der Waals surface area (Å²) >= 11 is 12.4. The summed E-state index contributed by atoms with van der Waals surface area (Å²) in [5, 5.41) is 1.30. The van der Waals surface area contributed by atoms with Crippen LogP contribution in [0.1, 0.15) is 5.69 Å². The third kappa shape index (κ3) is 4.00. The van der Waals surface area contributed by atoms with Crippen LogP contribution < -0.4 is 14.2 Å². The topological polar surface area (TPSA) is 57.7 Å². The second-order valence-corrected chi connectivity index (χ2v) is 6.27. The number of benzene rings is 2. The number of hydrogen-bond donors (Lipinski definition) is 0. The summed E-state index contributed by atoms with van der Waals surface area (Å²) in [6.45, 7) is 1.55. The highest BCUT2D eigenvalue weighted by Crippen LogP contribution is 2.37. The van der Waals surface area contributed by atoms with Gasteiger partial charge >= 0.3 is 5.97 Å². The lowest BCUT2D eigenvalue weighted by atomic mass is 10.2. The number of nitrogens with zero attached hydrogens (tertiary/aromatic N) is 1. The summed E-state index contributed by atoms with van der Waals surface area (Å²) in [5.41, 5.74) is 1.18. The molecule has 0 atom stereocenters.